The average molecular weight is 270 g/mol. The van der Waals surface area contributed by atoms with E-state index in [2.05, 4.69) is 0 Å². The van der Waals surface area contributed by atoms with Gasteiger partial charge in [-0.05, 0) is 12.8 Å². The molecule has 0 aromatic carbocycles. The smallest absolute Gasteiger partial charge is 0.306 e. The maximum absolute atomic E-state index is 10.3. The largest absolute Gasteiger partial charge is 0.481 e. The Hall–Kier alpha value is -1.15. The first-order valence-electron chi connectivity index (χ1n) is 4.91. The summed E-state index contributed by atoms with van der Waals surface area (Å²) in [6.07, 6.45) is 2.63. The van der Waals surface area contributed by atoms with Crippen molar-refractivity contribution in [3.63, 3.8) is 0 Å². The van der Waals surface area contributed by atoms with E-state index in [0.717, 1.165) is 0 Å². The Morgan fingerprint density at radius 2 is 1.59 bits per heavy atom. The van der Waals surface area contributed by atoms with Crippen LogP contribution in [0.4, 0.5) is 0 Å². The van der Waals surface area contributed by atoms with Crippen molar-refractivity contribution in [2.75, 3.05) is 6.26 Å². The number of carboxylic acids is 2. The lowest BCUT2D eigenvalue weighted by Crippen LogP contribution is -2.09. The lowest BCUT2D eigenvalue weighted by Gasteiger charge is -2.03. The lowest BCUT2D eigenvalue weighted by atomic mass is 10.0. The molecule has 8 heteroatoms. The van der Waals surface area contributed by atoms with Gasteiger partial charge in [-0.2, -0.15) is 8.42 Å². The molecule has 0 saturated carbocycles. The number of unbranched alkanes of at least 4 members (excludes halogenated alkanes) is 1. The SMILES string of the molecule is CC(CCCCC(=O)O)C(=O)O.CS(=O)(=O)O. The maximum atomic E-state index is 10.3. The Labute approximate surface area is 100 Å². The molecule has 0 bridgehead atoms. The Balaban J connectivity index is 0. The normalized spacial score (nSPS) is 12.2. The van der Waals surface area contributed by atoms with Crippen LogP contribution in [0.1, 0.15) is 32.6 Å². The van der Waals surface area contributed by atoms with Crippen molar-refractivity contribution in [1.82, 2.24) is 0 Å². The minimum atomic E-state index is -3.67. The van der Waals surface area contributed by atoms with Gasteiger partial charge in [0.25, 0.3) is 10.1 Å². The van der Waals surface area contributed by atoms with E-state index in [-0.39, 0.29) is 12.3 Å². The zero-order valence-corrected chi connectivity index (χ0v) is 10.6. The molecule has 0 aromatic rings. The van der Waals surface area contributed by atoms with Crippen molar-refractivity contribution >= 4 is 22.1 Å². The number of carbonyl (C=O) groups is 2. The van der Waals surface area contributed by atoms with Gasteiger partial charge in [0, 0.05) is 6.42 Å². The highest BCUT2D eigenvalue weighted by Crippen LogP contribution is 2.08. The number of rotatable bonds is 6. The topological polar surface area (TPSA) is 129 Å². The molecule has 0 aromatic heterocycles. The van der Waals surface area contributed by atoms with Crippen LogP contribution in [0.2, 0.25) is 0 Å². The highest BCUT2D eigenvalue weighted by Gasteiger charge is 2.09. The fourth-order valence-electron chi connectivity index (χ4n) is 0.850. The zero-order chi connectivity index (χ0) is 14.1. The second kappa shape index (κ2) is 8.94. The van der Waals surface area contributed by atoms with Crippen LogP contribution in [0.3, 0.4) is 0 Å². The molecule has 1 atom stereocenters. The molecule has 0 aliphatic heterocycles. The quantitative estimate of drug-likeness (QED) is 0.482. The first-order chi connectivity index (χ1) is 7.54. The molecule has 0 fully saturated rings. The summed E-state index contributed by atoms with van der Waals surface area (Å²) in [6, 6.07) is 0. The molecule has 102 valence electrons. The predicted octanol–water partition coefficient (Wildman–Crippen LogP) is 0.856. The van der Waals surface area contributed by atoms with Crippen LogP contribution in [0.15, 0.2) is 0 Å². The third-order valence-corrected chi connectivity index (χ3v) is 1.70. The Morgan fingerprint density at radius 3 is 1.88 bits per heavy atom. The first-order valence-corrected chi connectivity index (χ1v) is 6.76. The molecule has 1 unspecified atom stereocenters. The van der Waals surface area contributed by atoms with Crippen LogP contribution in [0.25, 0.3) is 0 Å². The molecule has 0 amide bonds. The fraction of sp³-hybridized carbons (Fsp3) is 0.778. The number of hydrogen-bond donors (Lipinski definition) is 3. The minimum Gasteiger partial charge on any atom is -0.481 e. The molecule has 0 heterocycles. The van der Waals surface area contributed by atoms with Gasteiger partial charge < -0.3 is 10.2 Å². The molecule has 0 radical (unpaired) electrons. The molecule has 3 N–H and O–H groups in total. The number of hydrogen-bond acceptors (Lipinski definition) is 4. The summed E-state index contributed by atoms with van der Waals surface area (Å²) in [5.41, 5.74) is 0. The van der Waals surface area contributed by atoms with Gasteiger partial charge in [0.2, 0.25) is 0 Å². The highest BCUT2D eigenvalue weighted by atomic mass is 32.2. The molecule has 0 aliphatic carbocycles. The van der Waals surface area contributed by atoms with Crippen LogP contribution >= 0.6 is 0 Å². The van der Waals surface area contributed by atoms with Gasteiger partial charge in [-0.3, -0.25) is 14.1 Å². The monoisotopic (exact) mass is 270 g/mol. The molecule has 0 saturated heterocycles. The van der Waals surface area contributed by atoms with Crippen LogP contribution in [0, 0.1) is 5.92 Å². The summed E-state index contributed by atoms with van der Waals surface area (Å²) in [5.74, 6) is -2.00. The number of carboxylic acid groups (broad SMARTS) is 2. The maximum Gasteiger partial charge on any atom is 0.306 e. The van der Waals surface area contributed by atoms with Gasteiger partial charge in [0.15, 0.2) is 0 Å². The van der Waals surface area contributed by atoms with Crippen molar-refractivity contribution in [2.45, 2.75) is 32.6 Å². The van der Waals surface area contributed by atoms with Gasteiger partial charge in [-0.25, -0.2) is 0 Å². The Bertz CT molecular complexity index is 325. The fourth-order valence-corrected chi connectivity index (χ4v) is 0.850. The molecule has 17 heavy (non-hydrogen) atoms. The molecular formula is C9H18O7S. The van der Waals surface area contributed by atoms with Crippen LogP contribution < -0.4 is 0 Å². The molecular weight excluding hydrogens is 252 g/mol. The average Bonchev–Trinajstić information content (AvgIpc) is 2.08. The summed E-state index contributed by atoms with van der Waals surface area (Å²) in [5, 5.41) is 16.7. The van der Waals surface area contributed by atoms with Crippen molar-refractivity contribution in [3.05, 3.63) is 0 Å². The van der Waals surface area contributed by atoms with Crippen molar-refractivity contribution < 1.29 is 32.8 Å². The van der Waals surface area contributed by atoms with E-state index < -0.39 is 22.1 Å². The van der Waals surface area contributed by atoms with Gasteiger partial charge in [0.1, 0.15) is 0 Å². The van der Waals surface area contributed by atoms with Crippen molar-refractivity contribution in [1.29, 1.82) is 0 Å². The summed E-state index contributed by atoms with van der Waals surface area (Å²) in [4.78, 5) is 20.4. The zero-order valence-electron chi connectivity index (χ0n) is 9.79. The third-order valence-electron chi connectivity index (χ3n) is 1.70. The van der Waals surface area contributed by atoms with E-state index in [1.165, 1.54) is 0 Å². The van der Waals surface area contributed by atoms with E-state index >= 15 is 0 Å². The van der Waals surface area contributed by atoms with E-state index in [0.29, 0.717) is 25.5 Å². The van der Waals surface area contributed by atoms with Crippen LogP contribution in [-0.2, 0) is 19.7 Å². The molecule has 7 nitrogen and oxygen atoms in total. The summed E-state index contributed by atoms with van der Waals surface area (Å²) < 4.78 is 25.9. The second-order valence-electron chi connectivity index (χ2n) is 3.61. The highest BCUT2D eigenvalue weighted by molar-refractivity contribution is 7.85. The summed E-state index contributed by atoms with van der Waals surface area (Å²) in [7, 11) is -3.67. The van der Waals surface area contributed by atoms with Crippen molar-refractivity contribution in [3.8, 4) is 0 Å². The van der Waals surface area contributed by atoms with Crippen LogP contribution in [-0.4, -0.2) is 41.4 Å². The first kappa shape index (κ1) is 18.2. The minimum absolute atomic E-state index is 0.131. The van der Waals surface area contributed by atoms with Gasteiger partial charge in [-0.1, -0.05) is 13.3 Å². The van der Waals surface area contributed by atoms with Gasteiger partial charge in [-0.15, -0.1) is 0 Å². The Kier molecular flexibility index (Phi) is 9.58. The van der Waals surface area contributed by atoms with Gasteiger partial charge in [0.05, 0.1) is 12.2 Å². The second-order valence-corrected chi connectivity index (χ2v) is 5.08. The number of aliphatic carboxylic acids is 2. The summed E-state index contributed by atoms with van der Waals surface area (Å²) in [6.45, 7) is 1.63. The Morgan fingerprint density at radius 1 is 1.18 bits per heavy atom. The molecule has 0 aliphatic rings. The third kappa shape index (κ3) is 25.3. The van der Waals surface area contributed by atoms with E-state index in [1.807, 2.05) is 0 Å². The van der Waals surface area contributed by atoms with E-state index in [9.17, 15) is 18.0 Å². The predicted molar refractivity (Wildman–Crippen MR) is 60.4 cm³/mol. The van der Waals surface area contributed by atoms with Crippen LogP contribution in [0.5, 0.6) is 0 Å². The molecule has 0 spiro atoms. The van der Waals surface area contributed by atoms with E-state index in [1.54, 1.807) is 6.92 Å². The van der Waals surface area contributed by atoms with Crippen molar-refractivity contribution in [2.24, 2.45) is 5.92 Å². The lowest BCUT2D eigenvalue weighted by molar-refractivity contribution is -0.141. The van der Waals surface area contributed by atoms with Gasteiger partial charge >= 0.3 is 11.9 Å². The standard InChI is InChI=1S/C8H14O4.CH4O3S/c1-6(8(11)12)4-2-3-5-7(9)10;1-5(2,3)4/h6H,2-5H2,1H3,(H,9,10)(H,11,12);1H3,(H,2,3,4). The summed E-state index contributed by atoms with van der Waals surface area (Å²) >= 11 is 0. The van der Waals surface area contributed by atoms with E-state index in [4.69, 9.17) is 14.8 Å². The molecule has 0 rings (SSSR count).